The number of nitrogens with one attached hydrogen (secondary N) is 1. The number of nitrogens with zero attached hydrogens (tertiary/aromatic N) is 3. The Morgan fingerprint density at radius 2 is 1.91 bits per heavy atom. The van der Waals surface area contributed by atoms with Crippen molar-refractivity contribution < 1.29 is 9.84 Å². The Morgan fingerprint density at radius 1 is 1.22 bits per heavy atom. The summed E-state index contributed by atoms with van der Waals surface area (Å²) < 4.78 is 5.99. The van der Waals surface area contributed by atoms with Crippen LogP contribution in [-0.2, 0) is 0 Å². The molecule has 23 heavy (non-hydrogen) atoms. The number of aromatic hydroxyl groups is 1. The van der Waals surface area contributed by atoms with Crippen molar-refractivity contribution in [2.24, 2.45) is 5.10 Å². The number of hydrogen-bond acceptors (Lipinski definition) is 6. The van der Waals surface area contributed by atoms with Crippen molar-refractivity contribution in [1.29, 1.82) is 10.5 Å². The lowest BCUT2D eigenvalue weighted by Gasteiger charge is -2.16. The Hall–Kier alpha value is -3.03. The number of anilines is 1. The lowest BCUT2D eigenvalue weighted by Crippen LogP contribution is -2.00. The minimum Gasteiger partial charge on any atom is -0.507 e. The van der Waals surface area contributed by atoms with Crippen LogP contribution in [0.25, 0.3) is 11.1 Å². The van der Waals surface area contributed by atoms with Crippen LogP contribution in [0.4, 0.5) is 5.69 Å². The highest BCUT2D eigenvalue weighted by molar-refractivity contribution is 9.10. The summed E-state index contributed by atoms with van der Waals surface area (Å²) in [7, 11) is 1.51. The summed E-state index contributed by atoms with van der Waals surface area (Å²) in [6.45, 7) is 0. The quantitative estimate of drug-likeness (QED) is 0.631. The van der Waals surface area contributed by atoms with Gasteiger partial charge in [-0.15, -0.1) is 0 Å². The molecule has 2 aromatic carbocycles. The number of para-hydroxylation sites is 1. The molecule has 0 bridgehead atoms. The van der Waals surface area contributed by atoms with Gasteiger partial charge < -0.3 is 9.84 Å². The Bertz CT molecular complexity index is 834. The summed E-state index contributed by atoms with van der Waals surface area (Å²) >= 11 is 3.39. The van der Waals surface area contributed by atoms with Crippen LogP contribution in [0.2, 0.25) is 0 Å². The lowest BCUT2D eigenvalue weighted by atomic mass is 10.0. The zero-order chi connectivity index (χ0) is 16.8. The molecule has 2 N–H and O–H groups in total. The first-order chi connectivity index (χ1) is 11.1. The predicted molar refractivity (Wildman–Crippen MR) is 90.1 cm³/mol. The van der Waals surface area contributed by atoms with E-state index in [0.29, 0.717) is 27.0 Å². The summed E-state index contributed by atoms with van der Waals surface area (Å²) in [5.74, 6) is 0.569. The van der Waals surface area contributed by atoms with Gasteiger partial charge in [-0.25, -0.2) is 0 Å². The molecule has 0 aliphatic heterocycles. The summed E-state index contributed by atoms with van der Waals surface area (Å²) in [5.41, 5.74) is 3.92. The average Bonchev–Trinajstić information content (AvgIpc) is 2.57. The highest BCUT2D eigenvalue weighted by atomic mass is 79.9. The van der Waals surface area contributed by atoms with E-state index in [1.807, 2.05) is 0 Å². The zero-order valence-electron chi connectivity index (χ0n) is 12.0. The summed E-state index contributed by atoms with van der Waals surface area (Å²) in [6, 6.07) is 13.6. The van der Waals surface area contributed by atoms with Crippen LogP contribution in [0, 0.1) is 22.7 Å². The number of rotatable bonds is 4. The van der Waals surface area contributed by atoms with Crippen molar-refractivity contribution >= 4 is 27.3 Å². The maximum Gasteiger partial charge on any atom is 0.237 e. The van der Waals surface area contributed by atoms with E-state index in [4.69, 9.17) is 15.3 Å². The average molecular weight is 371 g/mol. The molecule has 0 heterocycles. The van der Waals surface area contributed by atoms with Gasteiger partial charge in [-0.3, -0.25) is 5.43 Å². The van der Waals surface area contributed by atoms with Crippen LogP contribution in [0.15, 0.2) is 46.0 Å². The number of hydrogen-bond donors (Lipinski definition) is 2. The van der Waals surface area contributed by atoms with E-state index in [0.717, 1.165) is 0 Å². The van der Waals surface area contributed by atoms with Crippen molar-refractivity contribution in [2.75, 3.05) is 12.5 Å². The molecule has 7 heteroatoms. The molecule has 0 amide bonds. The van der Waals surface area contributed by atoms with Gasteiger partial charge in [-0.2, -0.15) is 15.6 Å². The standard InChI is InChI=1S/C16H11BrN4O2/c1-23-14-7-6-12(17)16(21-20-10(8-18)9-19)15(14)11-4-2-3-5-13(11)22/h2-7,21-22H,1H3. The van der Waals surface area contributed by atoms with E-state index in [-0.39, 0.29) is 11.5 Å². The SMILES string of the molecule is COc1ccc(Br)c(NN=C(C#N)C#N)c1-c1ccccc1O. The van der Waals surface area contributed by atoms with Gasteiger partial charge in [0.05, 0.1) is 18.4 Å². The molecule has 0 spiro atoms. The predicted octanol–water partition coefficient (Wildman–Crippen LogP) is 3.65. The van der Waals surface area contributed by atoms with Crippen LogP contribution >= 0.6 is 15.9 Å². The van der Waals surface area contributed by atoms with E-state index in [1.165, 1.54) is 7.11 Å². The lowest BCUT2D eigenvalue weighted by molar-refractivity contribution is 0.416. The number of nitriles is 2. The molecular weight excluding hydrogens is 360 g/mol. The third-order valence-electron chi connectivity index (χ3n) is 3.00. The van der Waals surface area contributed by atoms with E-state index < -0.39 is 0 Å². The van der Waals surface area contributed by atoms with Gasteiger partial charge in [0, 0.05) is 10.0 Å². The molecule has 0 fully saturated rings. The smallest absolute Gasteiger partial charge is 0.237 e. The molecule has 0 aromatic heterocycles. The molecule has 0 aliphatic rings. The fraction of sp³-hybridized carbons (Fsp3) is 0.0625. The van der Waals surface area contributed by atoms with E-state index in [2.05, 4.69) is 26.5 Å². The second kappa shape index (κ2) is 7.30. The minimum atomic E-state index is -0.317. The van der Waals surface area contributed by atoms with Gasteiger partial charge in [0.1, 0.15) is 23.6 Å². The van der Waals surface area contributed by atoms with Crippen molar-refractivity contribution in [3.05, 3.63) is 40.9 Å². The summed E-state index contributed by atoms with van der Waals surface area (Å²) in [6.07, 6.45) is 0. The van der Waals surface area contributed by atoms with Crippen molar-refractivity contribution in [1.82, 2.24) is 0 Å². The van der Waals surface area contributed by atoms with Crippen LogP contribution in [0.1, 0.15) is 0 Å². The van der Waals surface area contributed by atoms with Gasteiger partial charge in [-0.1, -0.05) is 18.2 Å². The maximum atomic E-state index is 10.1. The molecule has 2 aromatic rings. The van der Waals surface area contributed by atoms with Crippen LogP contribution in [0.5, 0.6) is 11.5 Å². The summed E-state index contributed by atoms with van der Waals surface area (Å²) in [5, 5.41) is 31.5. The number of phenolic OH excluding ortho intramolecular Hbond substituents is 1. The Balaban J connectivity index is 2.67. The first kappa shape index (κ1) is 16.3. The number of ether oxygens (including phenoxy) is 1. The Kier molecular flexibility index (Phi) is 5.19. The van der Waals surface area contributed by atoms with E-state index in [9.17, 15) is 5.11 Å². The normalized spacial score (nSPS) is 9.39. The number of halogens is 1. The highest BCUT2D eigenvalue weighted by Crippen LogP contribution is 2.44. The Morgan fingerprint density at radius 3 is 2.52 bits per heavy atom. The van der Waals surface area contributed by atoms with Gasteiger partial charge in [0.25, 0.3) is 0 Å². The third kappa shape index (κ3) is 3.42. The summed E-state index contributed by atoms with van der Waals surface area (Å²) in [4.78, 5) is 0. The van der Waals surface area contributed by atoms with Crippen molar-refractivity contribution in [3.8, 4) is 34.8 Å². The molecule has 0 radical (unpaired) electrons. The molecule has 0 atom stereocenters. The monoisotopic (exact) mass is 370 g/mol. The van der Waals surface area contributed by atoms with Crippen LogP contribution < -0.4 is 10.2 Å². The zero-order valence-corrected chi connectivity index (χ0v) is 13.6. The number of benzene rings is 2. The second-order valence-electron chi connectivity index (χ2n) is 4.31. The molecule has 0 aliphatic carbocycles. The highest BCUT2D eigenvalue weighted by Gasteiger charge is 2.17. The molecule has 0 saturated carbocycles. The molecule has 114 valence electrons. The maximum absolute atomic E-state index is 10.1. The largest absolute Gasteiger partial charge is 0.507 e. The molecule has 2 rings (SSSR count). The fourth-order valence-corrected chi connectivity index (χ4v) is 2.40. The number of hydrazone groups is 1. The fourth-order valence-electron chi connectivity index (χ4n) is 1.98. The number of phenols is 1. The van der Waals surface area contributed by atoms with Gasteiger partial charge in [-0.05, 0) is 34.1 Å². The van der Waals surface area contributed by atoms with Gasteiger partial charge in [0.2, 0.25) is 5.71 Å². The minimum absolute atomic E-state index is 0.0664. The Labute approximate surface area is 141 Å². The molecule has 6 nitrogen and oxygen atoms in total. The third-order valence-corrected chi connectivity index (χ3v) is 3.66. The van der Waals surface area contributed by atoms with Gasteiger partial charge >= 0.3 is 0 Å². The topological polar surface area (TPSA) is 101 Å². The van der Waals surface area contributed by atoms with Crippen LogP contribution in [-0.4, -0.2) is 17.9 Å². The molecule has 0 unspecified atom stereocenters. The number of methoxy groups -OCH3 is 1. The second-order valence-corrected chi connectivity index (χ2v) is 5.17. The van der Waals surface area contributed by atoms with Crippen LogP contribution in [0.3, 0.4) is 0 Å². The van der Waals surface area contributed by atoms with E-state index >= 15 is 0 Å². The van der Waals surface area contributed by atoms with Crippen molar-refractivity contribution in [3.63, 3.8) is 0 Å². The molecular formula is C16H11BrN4O2. The first-order valence-corrected chi connectivity index (χ1v) is 7.20. The van der Waals surface area contributed by atoms with E-state index in [1.54, 1.807) is 48.5 Å². The van der Waals surface area contributed by atoms with Crippen molar-refractivity contribution in [2.45, 2.75) is 0 Å². The van der Waals surface area contributed by atoms with Gasteiger partial charge in [0.15, 0.2) is 0 Å². The first-order valence-electron chi connectivity index (χ1n) is 6.41. The molecule has 0 saturated heterocycles.